The minimum atomic E-state index is 0.278. The number of halogens is 1. The van der Waals surface area contributed by atoms with E-state index >= 15 is 0 Å². The number of para-hydroxylation sites is 1. The Morgan fingerprint density at radius 2 is 1.91 bits per heavy atom. The third-order valence-electron chi connectivity index (χ3n) is 3.45. The molecule has 0 bridgehead atoms. The van der Waals surface area contributed by atoms with Gasteiger partial charge in [0.25, 0.3) is 0 Å². The summed E-state index contributed by atoms with van der Waals surface area (Å²) in [5.41, 5.74) is 2.17. The van der Waals surface area contributed by atoms with Gasteiger partial charge in [-0.2, -0.15) is 0 Å². The van der Waals surface area contributed by atoms with E-state index in [4.69, 9.17) is 9.47 Å². The average Bonchev–Trinajstić information content (AvgIpc) is 3.22. The lowest BCUT2D eigenvalue weighted by Gasteiger charge is -2.08. The number of ether oxygens (including phenoxy) is 2. The van der Waals surface area contributed by atoms with E-state index in [2.05, 4.69) is 26.1 Å². The van der Waals surface area contributed by atoms with Crippen molar-refractivity contribution in [1.82, 2.24) is 14.8 Å². The van der Waals surface area contributed by atoms with Gasteiger partial charge < -0.3 is 9.47 Å². The standard InChI is InChI=1S/C16H12BrN3O2S/c17-13-7-15-14(21-10-22-15)6-11(13)8-23-16-19-18-9-20(16)12-4-2-1-3-5-12/h1-7,9H,8,10H2. The first-order valence-electron chi connectivity index (χ1n) is 6.97. The molecule has 2 heterocycles. The number of hydrogen-bond donors (Lipinski definition) is 0. The van der Waals surface area contributed by atoms with Crippen LogP contribution >= 0.6 is 27.7 Å². The molecule has 0 N–H and O–H groups in total. The predicted octanol–water partition coefficient (Wildman–Crippen LogP) is 4.05. The van der Waals surface area contributed by atoms with Crippen molar-refractivity contribution in [2.75, 3.05) is 6.79 Å². The fraction of sp³-hybridized carbons (Fsp3) is 0.125. The Labute approximate surface area is 145 Å². The minimum Gasteiger partial charge on any atom is -0.454 e. The molecule has 7 heteroatoms. The monoisotopic (exact) mass is 389 g/mol. The molecule has 2 aromatic carbocycles. The third kappa shape index (κ3) is 2.94. The molecule has 1 aromatic heterocycles. The SMILES string of the molecule is Brc1cc2c(cc1CSc1nncn1-c1ccccc1)OCO2. The molecule has 5 nitrogen and oxygen atoms in total. The molecule has 0 aliphatic carbocycles. The molecule has 1 aliphatic rings. The molecule has 0 radical (unpaired) electrons. The van der Waals surface area contributed by atoms with E-state index in [0.717, 1.165) is 38.1 Å². The molecule has 3 aromatic rings. The number of fused-ring (bicyclic) bond motifs is 1. The molecular formula is C16H12BrN3O2S. The van der Waals surface area contributed by atoms with Gasteiger partial charge in [-0.15, -0.1) is 10.2 Å². The second kappa shape index (κ2) is 6.25. The minimum absolute atomic E-state index is 0.278. The number of aromatic nitrogens is 3. The van der Waals surface area contributed by atoms with Crippen molar-refractivity contribution in [3.8, 4) is 17.2 Å². The lowest BCUT2D eigenvalue weighted by Crippen LogP contribution is -1.95. The largest absolute Gasteiger partial charge is 0.454 e. The molecule has 0 saturated carbocycles. The van der Waals surface area contributed by atoms with Crippen LogP contribution in [0.2, 0.25) is 0 Å². The Bertz CT molecular complexity index is 839. The quantitative estimate of drug-likeness (QED) is 0.629. The lowest BCUT2D eigenvalue weighted by molar-refractivity contribution is 0.174. The van der Waals surface area contributed by atoms with Crippen LogP contribution in [0.25, 0.3) is 5.69 Å². The van der Waals surface area contributed by atoms with E-state index < -0.39 is 0 Å². The zero-order chi connectivity index (χ0) is 15.6. The Hall–Kier alpha value is -1.99. The molecule has 116 valence electrons. The molecule has 0 fully saturated rings. The topological polar surface area (TPSA) is 49.2 Å². The highest BCUT2D eigenvalue weighted by Gasteiger charge is 2.17. The second-order valence-corrected chi connectivity index (χ2v) is 6.70. The Morgan fingerprint density at radius 1 is 1.13 bits per heavy atom. The zero-order valence-electron chi connectivity index (χ0n) is 12.0. The van der Waals surface area contributed by atoms with Crippen molar-refractivity contribution >= 4 is 27.7 Å². The molecular weight excluding hydrogens is 378 g/mol. The van der Waals surface area contributed by atoms with Gasteiger partial charge in [-0.25, -0.2) is 0 Å². The Kier molecular flexibility index (Phi) is 3.97. The van der Waals surface area contributed by atoms with E-state index in [1.807, 2.05) is 47.0 Å². The van der Waals surface area contributed by atoms with Crippen LogP contribution in [0.3, 0.4) is 0 Å². The molecule has 0 atom stereocenters. The number of rotatable bonds is 4. The summed E-state index contributed by atoms with van der Waals surface area (Å²) >= 11 is 5.21. The first-order valence-corrected chi connectivity index (χ1v) is 8.75. The summed E-state index contributed by atoms with van der Waals surface area (Å²) in [4.78, 5) is 0. The van der Waals surface area contributed by atoms with Gasteiger partial charge in [0.15, 0.2) is 16.7 Å². The van der Waals surface area contributed by atoms with Crippen molar-refractivity contribution in [3.63, 3.8) is 0 Å². The van der Waals surface area contributed by atoms with Gasteiger partial charge in [0, 0.05) is 15.9 Å². The predicted molar refractivity (Wildman–Crippen MR) is 91.2 cm³/mol. The molecule has 0 spiro atoms. The highest BCUT2D eigenvalue weighted by atomic mass is 79.9. The zero-order valence-corrected chi connectivity index (χ0v) is 14.4. The maximum absolute atomic E-state index is 5.44. The first-order chi connectivity index (χ1) is 11.3. The van der Waals surface area contributed by atoms with Crippen LogP contribution in [-0.4, -0.2) is 21.6 Å². The molecule has 4 rings (SSSR count). The van der Waals surface area contributed by atoms with Gasteiger partial charge in [0.1, 0.15) is 6.33 Å². The molecule has 1 aliphatic heterocycles. The highest BCUT2D eigenvalue weighted by Crippen LogP contribution is 2.38. The van der Waals surface area contributed by atoms with Gasteiger partial charge in [0.2, 0.25) is 6.79 Å². The summed E-state index contributed by atoms with van der Waals surface area (Å²) in [5.74, 6) is 2.31. The first kappa shape index (κ1) is 14.6. The molecule has 0 unspecified atom stereocenters. The molecule has 0 amide bonds. The van der Waals surface area contributed by atoms with Crippen LogP contribution in [-0.2, 0) is 5.75 Å². The summed E-state index contributed by atoms with van der Waals surface area (Å²) in [6.45, 7) is 0.278. The number of benzene rings is 2. The summed E-state index contributed by atoms with van der Waals surface area (Å²) in [7, 11) is 0. The van der Waals surface area contributed by atoms with Crippen LogP contribution in [0.15, 0.2) is 58.4 Å². The van der Waals surface area contributed by atoms with E-state index in [9.17, 15) is 0 Å². The normalized spacial score (nSPS) is 12.6. The van der Waals surface area contributed by atoms with Crippen LogP contribution in [0.1, 0.15) is 5.56 Å². The van der Waals surface area contributed by atoms with E-state index in [1.165, 1.54) is 0 Å². The van der Waals surface area contributed by atoms with Crippen LogP contribution in [0, 0.1) is 0 Å². The average molecular weight is 390 g/mol. The van der Waals surface area contributed by atoms with Gasteiger partial charge in [-0.1, -0.05) is 45.9 Å². The lowest BCUT2D eigenvalue weighted by atomic mass is 10.2. The Morgan fingerprint density at radius 3 is 2.74 bits per heavy atom. The van der Waals surface area contributed by atoms with E-state index in [0.29, 0.717) is 0 Å². The van der Waals surface area contributed by atoms with E-state index in [1.54, 1.807) is 18.1 Å². The second-order valence-electron chi connectivity index (χ2n) is 4.90. The van der Waals surface area contributed by atoms with Crippen LogP contribution < -0.4 is 9.47 Å². The van der Waals surface area contributed by atoms with Crippen molar-refractivity contribution in [2.45, 2.75) is 10.9 Å². The number of nitrogens with zero attached hydrogens (tertiary/aromatic N) is 3. The summed E-state index contributed by atoms with van der Waals surface area (Å²) in [6, 6.07) is 14.0. The van der Waals surface area contributed by atoms with Gasteiger partial charge in [-0.3, -0.25) is 4.57 Å². The van der Waals surface area contributed by atoms with Crippen molar-refractivity contribution < 1.29 is 9.47 Å². The molecule has 0 saturated heterocycles. The summed E-state index contributed by atoms with van der Waals surface area (Å²) in [6.07, 6.45) is 1.73. The van der Waals surface area contributed by atoms with Gasteiger partial charge in [-0.05, 0) is 29.8 Å². The maximum atomic E-state index is 5.44. The van der Waals surface area contributed by atoms with Gasteiger partial charge >= 0.3 is 0 Å². The smallest absolute Gasteiger partial charge is 0.231 e. The van der Waals surface area contributed by atoms with Gasteiger partial charge in [0.05, 0.1) is 0 Å². The summed E-state index contributed by atoms with van der Waals surface area (Å²) < 4.78 is 13.8. The fourth-order valence-corrected chi connectivity index (χ4v) is 3.87. The van der Waals surface area contributed by atoms with Crippen molar-refractivity contribution in [1.29, 1.82) is 0 Å². The maximum Gasteiger partial charge on any atom is 0.231 e. The molecule has 23 heavy (non-hydrogen) atoms. The van der Waals surface area contributed by atoms with Crippen LogP contribution in [0.4, 0.5) is 0 Å². The fourth-order valence-electron chi connectivity index (χ4n) is 2.30. The van der Waals surface area contributed by atoms with Crippen LogP contribution in [0.5, 0.6) is 11.5 Å². The third-order valence-corrected chi connectivity index (χ3v) is 5.18. The van der Waals surface area contributed by atoms with E-state index in [-0.39, 0.29) is 6.79 Å². The highest BCUT2D eigenvalue weighted by molar-refractivity contribution is 9.10. The number of thioether (sulfide) groups is 1. The Balaban J connectivity index is 1.56. The number of hydrogen-bond acceptors (Lipinski definition) is 5. The van der Waals surface area contributed by atoms with Crippen molar-refractivity contribution in [2.24, 2.45) is 0 Å². The summed E-state index contributed by atoms with van der Waals surface area (Å²) in [5, 5.41) is 9.09. The van der Waals surface area contributed by atoms with Crippen molar-refractivity contribution in [3.05, 3.63) is 58.8 Å².